The number of ether oxygens (including phenoxy) is 2. The summed E-state index contributed by atoms with van der Waals surface area (Å²) in [6.45, 7) is 2.14. The first kappa shape index (κ1) is 13.5. The molecule has 0 radical (unpaired) electrons. The Hall–Kier alpha value is -2.49. The van der Waals surface area contributed by atoms with E-state index in [-0.39, 0.29) is 5.92 Å². The topological polar surface area (TPSA) is 47.1 Å². The fourth-order valence-electron chi connectivity index (χ4n) is 2.46. The summed E-state index contributed by atoms with van der Waals surface area (Å²) >= 11 is 0. The Morgan fingerprint density at radius 3 is 2.33 bits per heavy atom. The maximum absolute atomic E-state index is 5.33. The predicted octanol–water partition coefficient (Wildman–Crippen LogP) is 3.73. The second kappa shape index (κ2) is 5.48. The highest BCUT2D eigenvalue weighted by Gasteiger charge is 2.15. The van der Waals surface area contributed by atoms with Crippen LogP contribution >= 0.6 is 0 Å². The van der Waals surface area contributed by atoms with Crippen molar-refractivity contribution in [1.82, 2.24) is 9.97 Å². The monoisotopic (exact) mass is 282 g/mol. The van der Waals surface area contributed by atoms with Crippen molar-refractivity contribution in [3.05, 3.63) is 53.9 Å². The van der Waals surface area contributed by atoms with Crippen LogP contribution in [0.15, 0.2) is 42.5 Å². The molecular weight excluding hydrogens is 264 g/mol. The van der Waals surface area contributed by atoms with Gasteiger partial charge in [0.15, 0.2) is 11.5 Å². The summed E-state index contributed by atoms with van der Waals surface area (Å²) < 4.78 is 10.6. The lowest BCUT2D eigenvalue weighted by molar-refractivity contribution is 0.356. The second-order valence-corrected chi connectivity index (χ2v) is 4.98. The summed E-state index contributed by atoms with van der Waals surface area (Å²) in [5.41, 5.74) is 3.06. The van der Waals surface area contributed by atoms with Crippen LogP contribution < -0.4 is 9.47 Å². The molecule has 0 aliphatic carbocycles. The van der Waals surface area contributed by atoms with Crippen LogP contribution in [0.5, 0.6) is 11.5 Å². The van der Waals surface area contributed by atoms with Gasteiger partial charge in [0, 0.05) is 18.1 Å². The molecule has 4 nitrogen and oxygen atoms in total. The molecule has 2 aromatic carbocycles. The quantitative estimate of drug-likeness (QED) is 0.793. The third kappa shape index (κ3) is 2.44. The Morgan fingerprint density at radius 2 is 1.67 bits per heavy atom. The van der Waals surface area contributed by atoms with Gasteiger partial charge in [-0.3, -0.25) is 0 Å². The minimum atomic E-state index is 0.204. The lowest BCUT2D eigenvalue weighted by Crippen LogP contribution is -1.97. The Labute approximate surface area is 123 Å². The molecular formula is C17H18N2O2. The zero-order valence-corrected chi connectivity index (χ0v) is 12.4. The number of nitrogens with one attached hydrogen (secondary N) is 1. The van der Waals surface area contributed by atoms with Gasteiger partial charge in [0.2, 0.25) is 0 Å². The molecule has 108 valence electrons. The number of hydrogen-bond donors (Lipinski definition) is 1. The molecule has 21 heavy (non-hydrogen) atoms. The van der Waals surface area contributed by atoms with Crippen LogP contribution in [0, 0.1) is 0 Å². The molecule has 4 heteroatoms. The summed E-state index contributed by atoms with van der Waals surface area (Å²) in [7, 11) is 3.26. The smallest absolute Gasteiger partial charge is 0.163 e. The SMILES string of the molecule is COc1cc2nc(C(C)c3ccccc3)[nH]c2cc1OC. The van der Waals surface area contributed by atoms with Crippen LogP contribution in [-0.2, 0) is 0 Å². The number of fused-ring (bicyclic) bond motifs is 1. The molecule has 0 spiro atoms. The number of rotatable bonds is 4. The van der Waals surface area contributed by atoms with E-state index >= 15 is 0 Å². The third-order valence-electron chi connectivity index (χ3n) is 3.72. The molecule has 0 saturated heterocycles. The van der Waals surface area contributed by atoms with Crippen LogP contribution in [0.2, 0.25) is 0 Å². The van der Waals surface area contributed by atoms with Crippen molar-refractivity contribution in [3.8, 4) is 11.5 Å². The number of hydrogen-bond acceptors (Lipinski definition) is 3. The Kier molecular flexibility index (Phi) is 3.52. The number of methoxy groups -OCH3 is 2. The average Bonchev–Trinajstić information content (AvgIpc) is 2.96. The maximum atomic E-state index is 5.33. The number of benzene rings is 2. The zero-order valence-electron chi connectivity index (χ0n) is 12.4. The van der Waals surface area contributed by atoms with Gasteiger partial charge >= 0.3 is 0 Å². The fourth-order valence-corrected chi connectivity index (χ4v) is 2.46. The first-order valence-electron chi connectivity index (χ1n) is 6.89. The molecule has 1 unspecified atom stereocenters. The van der Waals surface area contributed by atoms with E-state index in [1.165, 1.54) is 5.56 Å². The van der Waals surface area contributed by atoms with E-state index in [0.717, 1.165) is 16.9 Å². The number of aromatic amines is 1. The van der Waals surface area contributed by atoms with Gasteiger partial charge in [-0.2, -0.15) is 0 Å². The molecule has 1 aromatic heterocycles. The minimum Gasteiger partial charge on any atom is -0.493 e. The van der Waals surface area contributed by atoms with Crippen molar-refractivity contribution in [2.75, 3.05) is 14.2 Å². The van der Waals surface area contributed by atoms with E-state index < -0.39 is 0 Å². The van der Waals surface area contributed by atoms with E-state index in [9.17, 15) is 0 Å². The zero-order chi connectivity index (χ0) is 14.8. The lowest BCUT2D eigenvalue weighted by Gasteiger charge is -2.07. The summed E-state index contributed by atoms with van der Waals surface area (Å²) in [5, 5.41) is 0. The van der Waals surface area contributed by atoms with E-state index in [2.05, 4.69) is 29.0 Å². The summed E-state index contributed by atoms with van der Waals surface area (Å²) in [6.07, 6.45) is 0. The molecule has 3 aromatic rings. The van der Waals surface area contributed by atoms with E-state index in [1.54, 1.807) is 14.2 Å². The minimum absolute atomic E-state index is 0.204. The predicted molar refractivity (Wildman–Crippen MR) is 83.2 cm³/mol. The normalized spacial score (nSPS) is 12.3. The molecule has 0 fully saturated rings. The van der Waals surface area contributed by atoms with Crippen molar-refractivity contribution in [1.29, 1.82) is 0 Å². The van der Waals surface area contributed by atoms with Gasteiger partial charge in [-0.25, -0.2) is 4.98 Å². The van der Waals surface area contributed by atoms with Crippen molar-refractivity contribution in [2.24, 2.45) is 0 Å². The van der Waals surface area contributed by atoms with Gasteiger partial charge in [0.05, 0.1) is 25.3 Å². The lowest BCUT2D eigenvalue weighted by atomic mass is 10.0. The van der Waals surface area contributed by atoms with Crippen LogP contribution in [0.4, 0.5) is 0 Å². The molecule has 0 aliphatic heterocycles. The van der Waals surface area contributed by atoms with Crippen molar-refractivity contribution >= 4 is 11.0 Å². The third-order valence-corrected chi connectivity index (χ3v) is 3.72. The van der Waals surface area contributed by atoms with Gasteiger partial charge in [0.25, 0.3) is 0 Å². The first-order valence-corrected chi connectivity index (χ1v) is 6.89. The number of imidazole rings is 1. The Balaban J connectivity index is 2.05. The van der Waals surface area contributed by atoms with Gasteiger partial charge in [0.1, 0.15) is 5.82 Å². The standard InChI is InChI=1S/C17H18N2O2/c1-11(12-7-5-4-6-8-12)17-18-13-9-15(20-2)16(21-3)10-14(13)19-17/h4-11H,1-3H3,(H,18,19). The number of H-pyrrole nitrogens is 1. The number of nitrogens with zero attached hydrogens (tertiary/aromatic N) is 1. The van der Waals surface area contributed by atoms with E-state index in [0.29, 0.717) is 11.5 Å². The summed E-state index contributed by atoms with van der Waals surface area (Å²) in [5.74, 6) is 2.53. The maximum Gasteiger partial charge on any atom is 0.163 e. The molecule has 0 aliphatic rings. The highest BCUT2D eigenvalue weighted by Crippen LogP contribution is 2.32. The van der Waals surface area contributed by atoms with E-state index in [1.807, 2.05) is 30.3 Å². The van der Waals surface area contributed by atoms with E-state index in [4.69, 9.17) is 9.47 Å². The van der Waals surface area contributed by atoms with Crippen molar-refractivity contribution in [3.63, 3.8) is 0 Å². The van der Waals surface area contributed by atoms with Gasteiger partial charge in [-0.05, 0) is 5.56 Å². The largest absolute Gasteiger partial charge is 0.493 e. The highest BCUT2D eigenvalue weighted by atomic mass is 16.5. The molecule has 0 saturated carbocycles. The van der Waals surface area contributed by atoms with Gasteiger partial charge < -0.3 is 14.5 Å². The van der Waals surface area contributed by atoms with Gasteiger partial charge in [-0.1, -0.05) is 37.3 Å². The first-order chi connectivity index (χ1) is 10.2. The summed E-state index contributed by atoms with van der Waals surface area (Å²) in [6, 6.07) is 14.1. The Bertz CT molecular complexity index is 709. The average molecular weight is 282 g/mol. The van der Waals surface area contributed by atoms with Crippen LogP contribution in [-0.4, -0.2) is 24.2 Å². The van der Waals surface area contributed by atoms with Gasteiger partial charge in [-0.15, -0.1) is 0 Å². The van der Waals surface area contributed by atoms with Crippen molar-refractivity contribution < 1.29 is 9.47 Å². The summed E-state index contributed by atoms with van der Waals surface area (Å²) in [4.78, 5) is 8.06. The number of aromatic nitrogens is 2. The van der Waals surface area contributed by atoms with Crippen LogP contribution in [0.3, 0.4) is 0 Å². The second-order valence-electron chi connectivity index (χ2n) is 4.98. The molecule has 0 bridgehead atoms. The fraction of sp³-hybridized carbons (Fsp3) is 0.235. The molecule has 1 atom stereocenters. The Morgan fingerprint density at radius 1 is 1.00 bits per heavy atom. The molecule has 1 heterocycles. The highest BCUT2D eigenvalue weighted by molar-refractivity contribution is 5.80. The van der Waals surface area contributed by atoms with Crippen LogP contribution in [0.25, 0.3) is 11.0 Å². The van der Waals surface area contributed by atoms with Crippen LogP contribution in [0.1, 0.15) is 24.2 Å². The van der Waals surface area contributed by atoms with Crippen molar-refractivity contribution in [2.45, 2.75) is 12.8 Å². The molecule has 0 amide bonds. The molecule has 1 N–H and O–H groups in total. The molecule has 3 rings (SSSR count).